The number of thioether (sulfide) groups is 1. The molecular weight excluding hydrogens is 434 g/mol. The van der Waals surface area contributed by atoms with Crippen molar-refractivity contribution in [1.82, 2.24) is 24.9 Å². The first-order valence-electron chi connectivity index (χ1n) is 9.67. The standard InChI is InChI=1S/C22H22ClN5O2S/c1-22(2,3)20-24-18(30-27-20)13-31-21-26-25-19(14-5-11-17(29-4)12-6-14)28(21)16-9-7-15(23)8-10-16/h5-12H,13H2,1-4H3. The minimum absolute atomic E-state index is 0.169. The summed E-state index contributed by atoms with van der Waals surface area (Å²) < 4.78 is 12.7. The molecule has 31 heavy (non-hydrogen) atoms. The quantitative estimate of drug-likeness (QED) is 0.351. The highest BCUT2D eigenvalue weighted by atomic mass is 35.5. The lowest BCUT2D eigenvalue weighted by atomic mass is 9.96. The number of benzene rings is 2. The third-order valence-electron chi connectivity index (χ3n) is 4.53. The Bertz CT molecular complexity index is 1160. The molecular formula is C22H22ClN5O2S. The molecule has 0 spiro atoms. The summed E-state index contributed by atoms with van der Waals surface area (Å²) in [4.78, 5) is 4.51. The molecule has 0 aliphatic heterocycles. The monoisotopic (exact) mass is 455 g/mol. The molecule has 0 atom stereocenters. The van der Waals surface area contributed by atoms with Crippen molar-refractivity contribution in [3.63, 3.8) is 0 Å². The summed E-state index contributed by atoms with van der Waals surface area (Å²) in [6, 6.07) is 15.3. The zero-order chi connectivity index (χ0) is 22.0. The van der Waals surface area contributed by atoms with Crippen LogP contribution in [0.5, 0.6) is 5.75 Å². The van der Waals surface area contributed by atoms with Crippen molar-refractivity contribution in [2.24, 2.45) is 0 Å². The van der Waals surface area contributed by atoms with Crippen LogP contribution in [0, 0.1) is 0 Å². The van der Waals surface area contributed by atoms with Gasteiger partial charge in [-0.25, -0.2) is 0 Å². The summed E-state index contributed by atoms with van der Waals surface area (Å²) in [6.07, 6.45) is 0. The smallest absolute Gasteiger partial charge is 0.237 e. The van der Waals surface area contributed by atoms with E-state index in [4.69, 9.17) is 20.9 Å². The van der Waals surface area contributed by atoms with Crippen LogP contribution in [0.1, 0.15) is 32.5 Å². The third kappa shape index (κ3) is 4.75. The number of hydrogen-bond donors (Lipinski definition) is 0. The third-order valence-corrected chi connectivity index (χ3v) is 5.70. The van der Waals surface area contributed by atoms with E-state index in [1.165, 1.54) is 11.8 Å². The number of ether oxygens (including phenoxy) is 1. The highest BCUT2D eigenvalue weighted by Gasteiger charge is 2.22. The minimum Gasteiger partial charge on any atom is -0.497 e. The average molecular weight is 456 g/mol. The van der Waals surface area contributed by atoms with Crippen molar-refractivity contribution in [3.05, 3.63) is 65.3 Å². The Morgan fingerprint density at radius 2 is 1.74 bits per heavy atom. The number of halogens is 1. The number of nitrogens with zero attached hydrogens (tertiary/aromatic N) is 5. The van der Waals surface area contributed by atoms with Gasteiger partial charge in [-0.05, 0) is 48.5 Å². The molecule has 160 valence electrons. The van der Waals surface area contributed by atoms with Crippen LogP contribution in [0.25, 0.3) is 17.1 Å². The van der Waals surface area contributed by atoms with E-state index in [1.807, 2.05) is 73.9 Å². The molecule has 4 rings (SSSR count). The fourth-order valence-electron chi connectivity index (χ4n) is 2.86. The molecule has 2 aromatic heterocycles. The Balaban J connectivity index is 1.67. The van der Waals surface area contributed by atoms with Crippen molar-refractivity contribution in [2.45, 2.75) is 37.1 Å². The molecule has 0 saturated heterocycles. The lowest BCUT2D eigenvalue weighted by Crippen LogP contribution is -2.13. The van der Waals surface area contributed by atoms with Gasteiger partial charge < -0.3 is 9.26 Å². The van der Waals surface area contributed by atoms with Gasteiger partial charge in [-0.2, -0.15) is 4.98 Å². The van der Waals surface area contributed by atoms with E-state index in [9.17, 15) is 0 Å². The first-order valence-corrected chi connectivity index (χ1v) is 11.0. The Hall–Kier alpha value is -2.84. The zero-order valence-electron chi connectivity index (χ0n) is 17.7. The van der Waals surface area contributed by atoms with E-state index in [2.05, 4.69) is 20.3 Å². The fourth-order valence-corrected chi connectivity index (χ4v) is 3.77. The average Bonchev–Trinajstić information content (AvgIpc) is 3.40. The van der Waals surface area contributed by atoms with Crippen LogP contribution >= 0.6 is 23.4 Å². The van der Waals surface area contributed by atoms with E-state index in [1.54, 1.807) is 7.11 Å². The van der Waals surface area contributed by atoms with Gasteiger partial charge in [-0.15, -0.1) is 10.2 Å². The number of methoxy groups -OCH3 is 1. The molecule has 0 amide bonds. The molecule has 0 radical (unpaired) electrons. The molecule has 2 heterocycles. The largest absolute Gasteiger partial charge is 0.497 e. The van der Waals surface area contributed by atoms with Gasteiger partial charge in [-0.3, -0.25) is 4.57 Å². The highest BCUT2D eigenvalue weighted by molar-refractivity contribution is 7.98. The molecule has 4 aromatic rings. The lowest BCUT2D eigenvalue weighted by Gasteiger charge is -2.11. The van der Waals surface area contributed by atoms with Gasteiger partial charge in [0.1, 0.15) is 5.75 Å². The van der Waals surface area contributed by atoms with Crippen molar-refractivity contribution in [3.8, 4) is 22.8 Å². The Labute approximate surface area is 189 Å². The van der Waals surface area contributed by atoms with Gasteiger partial charge in [0.2, 0.25) is 5.89 Å². The molecule has 0 bridgehead atoms. The van der Waals surface area contributed by atoms with Gasteiger partial charge in [0.25, 0.3) is 0 Å². The maximum atomic E-state index is 6.10. The fraction of sp³-hybridized carbons (Fsp3) is 0.273. The van der Waals surface area contributed by atoms with Crippen LogP contribution in [0.3, 0.4) is 0 Å². The maximum absolute atomic E-state index is 6.10. The Morgan fingerprint density at radius 3 is 2.35 bits per heavy atom. The lowest BCUT2D eigenvalue weighted by molar-refractivity contribution is 0.372. The summed E-state index contributed by atoms with van der Waals surface area (Å²) in [5, 5.41) is 14.3. The second-order valence-corrected chi connectivity index (χ2v) is 9.28. The van der Waals surface area contributed by atoms with Gasteiger partial charge in [-0.1, -0.05) is 49.3 Å². The van der Waals surface area contributed by atoms with Gasteiger partial charge >= 0.3 is 0 Å². The Morgan fingerprint density at radius 1 is 1.03 bits per heavy atom. The van der Waals surface area contributed by atoms with Gasteiger partial charge in [0, 0.05) is 21.7 Å². The molecule has 9 heteroatoms. The van der Waals surface area contributed by atoms with Crippen LogP contribution in [0.15, 0.2) is 58.2 Å². The van der Waals surface area contributed by atoms with Crippen LogP contribution in [0.4, 0.5) is 0 Å². The van der Waals surface area contributed by atoms with Crippen molar-refractivity contribution < 1.29 is 9.26 Å². The maximum Gasteiger partial charge on any atom is 0.237 e. The zero-order valence-corrected chi connectivity index (χ0v) is 19.2. The predicted octanol–water partition coefficient (Wildman–Crippen LogP) is 5.57. The van der Waals surface area contributed by atoms with Crippen LogP contribution in [0.2, 0.25) is 5.02 Å². The van der Waals surface area contributed by atoms with Crippen LogP contribution < -0.4 is 4.74 Å². The predicted molar refractivity (Wildman–Crippen MR) is 121 cm³/mol. The molecule has 0 saturated carbocycles. The molecule has 0 aliphatic rings. The van der Waals surface area contributed by atoms with Gasteiger partial charge in [0.15, 0.2) is 16.8 Å². The van der Waals surface area contributed by atoms with E-state index >= 15 is 0 Å². The van der Waals surface area contributed by atoms with Crippen molar-refractivity contribution >= 4 is 23.4 Å². The molecule has 0 aliphatic carbocycles. The SMILES string of the molecule is COc1ccc(-c2nnc(SCc3nc(C(C)(C)C)no3)n2-c2ccc(Cl)cc2)cc1. The number of aromatic nitrogens is 5. The van der Waals surface area contributed by atoms with Crippen LogP contribution in [-0.2, 0) is 11.2 Å². The minimum atomic E-state index is -0.169. The summed E-state index contributed by atoms with van der Waals surface area (Å²) >= 11 is 7.58. The highest BCUT2D eigenvalue weighted by Crippen LogP contribution is 2.31. The number of rotatable bonds is 6. The molecule has 2 aromatic carbocycles. The second-order valence-electron chi connectivity index (χ2n) is 7.90. The summed E-state index contributed by atoms with van der Waals surface area (Å²) in [7, 11) is 1.64. The van der Waals surface area contributed by atoms with E-state index < -0.39 is 0 Å². The van der Waals surface area contributed by atoms with E-state index in [0.717, 1.165) is 17.0 Å². The van der Waals surface area contributed by atoms with E-state index in [0.29, 0.717) is 33.5 Å². The Kier molecular flexibility index (Phi) is 6.02. The molecule has 0 unspecified atom stereocenters. The van der Waals surface area contributed by atoms with Crippen molar-refractivity contribution in [1.29, 1.82) is 0 Å². The second kappa shape index (κ2) is 8.72. The summed E-state index contributed by atoms with van der Waals surface area (Å²) in [6.45, 7) is 6.15. The number of hydrogen-bond acceptors (Lipinski definition) is 7. The summed E-state index contributed by atoms with van der Waals surface area (Å²) in [5.74, 6) is 3.21. The first kappa shape index (κ1) is 21.4. The molecule has 7 nitrogen and oxygen atoms in total. The first-order chi connectivity index (χ1) is 14.8. The van der Waals surface area contributed by atoms with E-state index in [-0.39, 0.29) is 5.41 Å². The topological polar surface area (TPSA) is 78.9 Å². The molecule has 0 N–H and O–H groups in total. The normalized spacial score (nSPS) is 11.6. The van der Waals surface area contributed by atoms with Crippen molar-refractivity contribution in [2.75, 3.05) is 7.11 Å². The van der Waals surface area contributed by atoms with Gasteiger partial charge in [0.05, 0.1) is 12.9 Å². The van der Waals surface area contributed by atoms with Crippen LogP contribution in [-0.4, -0.2) is 32.0 Å². The summed E-state index contributed by atoms with van der Waals surface area (Å²) in [5.41, 5.74) is 1.66. The molecule has 0 fully saturated rings.